The van der Waals surface area contributed by atoms with Crippen molar-refractivity contribution in [2.75, 3.05) is 14.2 Å². The first kappa shape index (κ1) is 14.4. The third kappa shape index (κ3) is 2.78. The maximum absolute atomic E-state index is 11.9. The van der Waals surface area contributed by atoms with Gasteiger partial charge in [0, 0.05) is 17.6 Å². The van der Waals surface area contributed by atoms with Crippen LogP contribution in [0.4, 0.5) is 0 Å². The molecule has 0 radical (unpaired) electrons. The standard InChI is InChI=1S/C13H12ClNO2S2/c1-7-9(14)4-8(5-10(7)17-3)6-11-12(16)15(2)13(18)19-11/h4-6H,1-3H3/b11-6+. The van der Waals surface area contributed by atoms with Crippen molar-refractivity contribution in [3.05, 3.63) is 33.2 Å². The molecule has 3 nitrogen and oxygen atoms in total. The number of halogens is 1. The number of amides is 1. The van der Waals surface area contributed by atoms with Crippen LogP contribution >= 0.6 is 35.6 Å². The molecule has 2 rings (SSSR count). The lowest BCUT2D eigenvalue weighted by atomic mass is 10.1. The molecule has 0 atom stereocenters. The summed E-state index contributed by atoms with van der Waals surface area (Å²) in [7, 11) is 3.26. The molecule has 1 aromatic carbocycles. The highest BCUT2D eigenvalue weighted by molar-refractivity contribution is 8.26. The quantitative estimate of drug-likeness (QED) is 0.617. The van der Waals surface area contributed by atoms with Crippen LogP contribution < -0.4 is 4.74 Å². The number of carbonyl (C=O) groups is 1. The van der Waals surface area contributed by atoms with E-state index in [1.165, 1.54) is 16.7 Å². The predicted molar refractivity (Wildman–Crippen MR) is 83.7 cm³/mol. The Labute approximate surface area is 126 Å². The second kappa shape index (κ2) is 5.53. The zero-order valence-electron chi connectivity index (χ0n) is 10.7. The lowest BCUT2D eigenvalue weighted by Crippen LogP contribution is -2.22. The van der Waals surface area contributed by atoms with Crippen LogP contribution in [-0.2, 0) is 4.79 Å². The van der Waals surface area contributed by atoms with E-state index in [0.29, 0.717) is 20.0 Å². The fourth-order valence-corrected chi connectivity index (χ4v) is 3.06. The number of likely N-dealkylation sites (N-methyl/N-ethyl adjacent to an activating group) is 1. The first-order valence-electron chi connectivity index (χ1n) is 5.49. The summed E-state index contributed by atoms with van der Waals surface area (Å²) in [5.41, 5.74) is 1.70. The van der Waals surface area contributed by atoms with Gasteiger partial charge in [0.2, 0.25) is 0 Å². The Morgan fingerprint density at radius 1 is 1.47 bits per heavy atom. The minimum atomic E-state index is -0.0920. The number of nitrogens with zero attached hydrogens (tertiary/aromatic N) is 1. The van der Waals surface area contributed by atoms with Crippen LogP contribution in [0.1, 0.15) is 11.1 Å². The number of ether oxygens (including phenoxy) is 1. The summed E-state index contributed by atoms with van der Waals surface area (Å²) in [6.45, 7) is 1.89. The van der Waals surface area contributed by atoms with E-state index in [0.717, 1.165) is 11.1 Å². The van der Waals surface area contributed by atoms with Crippen molar-refractivity contribution >= 4 is 51.9 Å². The SMILES string of the molecule is COc1cc(/C=C2/SC(=S)N(C)C2=O)cc(Cl)c1C. The molecule has 0 aromatic heterocycles. The summed E-state index contributed by atoms with van der Waals surface area (Å²) in [6, 6.07) is 3.66. The molecule has 1 heterocycles. The van der Waals surface area contributed by atoms with Crippen molar-refractivity contribution in [2.45, 2.75) is 6.92 Å². The molecule has 1 aliphatic heterocycles. The van der Waals surface area contributed by atoms with Gasteiger partial charge < -0.3 is 4.74 Å². The minimum Gasteiger partial charge on any atom is -0.496 e. The molecular weight excluding hydrogens is 302 g/mol. The Morgan fingerprint density at radius 2 is 2.16 bits per heavy atom. The molecule has 0 saturated carbocycles. The van der Waals surface area contributed by atoms with Gasteiger partial charge in [0.15, 0.2) is 0 Å². The first-order valence-corrected chi connectivity index (χ1v) is 7.10. The zero-order valence-corrected chi connectivity index (χ0v) is 13.1. The number of rotatable bonds is 2. The van der Waals surface area contributed by atoms with E-state index in [9.17, 15) is 4.79 Å². The summed E-state index contributed by atoms with van der Waals surface area (Å²) in [5, 5.41) is 0.609. The summed E-state index contributed by atoms with van der Waals surface area (Å²) < 4.78 is 5.82. The molecule has 1 aromatic rings. The largest absolute Gasteiger partial charge is 0.496 e. The van der Waals surface area contributed by atoms with Gasteiger partial charge in [-0.2, -0.15) is 0 Å². The number of carbonyl (C=O) groups excluding carboxylic acids is 1. The third-order valence-corrected chi connectivity index (χ3v) is 4.70. The second-order valence-corrected chi connectivity index (χ2v) is 6.15. The van der Waals surface area contributed by atoms with Crippen LogP contribution in [0.25, 0.3) is 6.08 Å². The first-order chi connectivity index (χ1) is 8.93. The monoisotopic (exact) mass is 313 g/mol. The van der Waals surface area contributed by atoms with Gasteiger partial charge in [-0.25, -0.2) is 0 Å². The molecule has 1 fully saturated rings. The van der Waals surface area contributed by atoms with E-state index in [2.05, 4.69) is 0 Å². The van der Waals surface area contributed by atoms with Crippen molar-refractivity contribution in [1.29, 1.82) is 0 Å². The van der Waals surface area contributed by atoms with Crippen LogP contribution in [0.15, 0.2) is 17.0 Å². The van der Waals surface area contributed by atoms with E-state index in [-0.39, 0.29) is 5.91 Å². The molecule has 0 bridgehead atoms. The third-order valence-electron chi connectivity index (χ3n) is 2.82. The molecule has 0 N–H and O–H groups in total. The molecule has 100 valence electrons. The topological polar surface area (TPSA) is 29.5 Å². The maximum Gasteiger partial charge on any atom is 0.265 e. The molecule has 6 heteroatoms. The Morgan fingerprint density at radius 3 is 2.68 bits per heavy atom. The van der Waals surface area contributed by atoms with E-state index >= 15 is 0 Å². The van der Waals surface area contributed by atoms with Crippen LogP contribution in [-0.4, -0.2) is 29.3 Å². The van der Waals surface area contributed by atoms with E-state index in [1.807, 2.05) is 19.1 Å². The van der Waals surface area contributed by atoms with Crippen LogP contribution in [0.2, 0.25) is 5.02 Å². The van der Waals surface area contributed by atoms with E-state index in [1.54, 1.807) is 20.2 Å². The van der Waals surface area contributed by atoms with Crippen LogP contribution in [0.5, 0.6) is 5.75 Å². The summed E-state index contributed by atoms with van der Waals surface area (Å²) in [5.74, 6) is 0.608. The molecular formula is C13H12ClNO2S2. The van der Waals surface area contributed by atoms with Crippen molar-refractivity contribution in [2.24, 2.45) is 0 Å². The lowest BCUT2D eigenvalue weighted by Gasteiger charge is -2.08. The van der Waals surface area contributed by atoms with E-state index in [4.69, 9.17) is 28.6 Å². The van der Waals surface area contributed by atoms with Crippen LogP contribution in [0, 0.1) is 6.92 Å². The smallest absolute Gasteiger partial charge is 0.265 e. The average Bonchev–Trinajstić information content (AvgIpc) is 2.61. The Bertz CT molecular complexity index is 599. The Hall–Kier alpha value is -1.04. The predicted octanol–water partition coefficient (Wildman–Crippen LogP) is 3.49. The van der Waals surface area contributed by atoms with Gasteiger partial charge in [-0.05, 0) is 30.7 Å². The van der Waals surface area contributed by atoms with Gasteiger partial charge in [-0.3, -0.25) is 9.69 Å². The second-order valence-electron chi connectivity index (χ2n) is 4.07. The van der Waals surface area contributed by atoms with Crippen LogP contribution in [0.3, 0.4) is 0 Å². The number of benzene rings is 1. The molecule has 0 unspecified atom stereocenters. The minimum absolute atomic E-state index is 0.0920. The number of thioether (sulfide) groups is 1. The highest BCUT2D eigenvalue weighted by atomic mass is 35.5. The van der Waals surface area contributed by atoms with Gasteiger partial charge in [0.25, 0.3) is 5.91 Å². The molecule has 1 amide bonds. The normalized spacial score (nSPS) is 17.5. The van der Waals surface area contributed by atoms with Crippen molar-refractivity contribution < 1.29 is 9.53 Å². The lowest BCUT2D eigenvalue weighted by molar-refractivity contribution is -0.121. The van der Waals surface area contributed by atoms with Gasteiger partial charge in [-0.1, -0.05) is 35.6 Å². The van der Waals surface area contributed by atoms with Gasteiger partial charge in [0.1, 0.15) is 10.1 Å². The van der Waals surface area contributed by atoms with Crippen molar-refractivity contribution in [1.82, 2.24) is 4.90 Å². The summed E-state index contributed by atoms with van der Waals surface area (Å²) >= 11 is 12.5. The highest BCUT2D eigenvalue weighted by Gasteiger charge is 2.28. The van der Waals surface area contributed by atoms with Gasteiger partial charge >= 0.3 is 0 Å². The molecule has 0 aliphatic carbocycles. The summed E-state index contributed by atoms with van der Waals surface area (Å²) in [4.78, 5) is 14.0. The Kier molecular flexibility index (Phi) is 4.18. The van der Waals surface area contributed by atoms with Crippen molar-refractivity contribution in [3.8, 4) is 5.75 Å². The highest BCUT2D eigenvalue weighted by Crippen LogP contribution is 2.34. The number of methoxy groups -OCH3 is 1. The summed E-state index contributed by atoms with van der Waals surface area (Å²) in [6.07, 6.45) is 1.77. The molecule has 0 spiro atoms. The van der Waals surface area contributed by atoms with Crippen molar-refractivity contribution in [3.63, 3.8) is 0 Å². The van der Waals surface area contributed by atoms with Gasteiger partial charge in [-0.15, -0.1) is 0 Å². The number of hydrogen-bond acceptors (Lipinski definition) is 4. The Balaban J connectivity index is 2.42. The molecule has 1 aliphatic rings. The maximum atomic E-state index is 11.9. The number of hydrogen-bond donors (Lipinski definition) is 0. The van der Waals surface area contributed by atoms with E-state index < -0.39 is 0 Å². The fraction of sp³-hybridized carbons (Fsp3) is 0.231. The zero-order chi connectivity index (χ0) is 14.2. The molecule has 1 saturated heterocycles. The average molecular weight is 314 g/mol. The number of thiocarbonyl (C=S) groups is 1. The fourth-order valence-electron chi connectivity index (χ4n) is 1.67. The molecule has 19 heavy (non-hydrogen) atoms. The van der Waals surface area contributed by atoms with Gasteiger partial charge in [0.05, 0.1) is 12.0 Å².